The van der Waals surface area contributed by atoms with Crippen LogP contribution in [0.4, 0.5) is 0 Å². The summed E-state index contributed by atoms with van der Waals surface area (Å²) < 4.78 is 0. The molecule has 1 fully saturated rings. The van der Waals surface area contributed by atoms with E-state index in [0.29, 0.717) is 0 Å². The molecule has 16 heavy (non-hydrogen) atoms. The molecule has 1 aromatic carbocycles. The molecule has 1 aliphatic heterocycles. The van der Waals surface area contributed by atoms with E-state index in [1.807, 2.05) is 39.0 Å². The highest BCUT2D eigenvalue weighted by Crippen LogP contribution is 2.20. The van der Waals surface area contributed by atoms with E-state index in [9.17, 15) is 4.79 Å². The first-order valence-corrected chi connectivity index (χ1v) is 5.60. The van der Waals surface area contributed by atoms with Crippen molar-refractivity contribution in [2.24, 2.45) is 0 Å². The second-order valence-corrected chi connectivity index (χ2v) is 5.10. The SMILES string of the molecule is Cc1cccc(C2NCC(C)(C)NC2=O)c1. The average Bonchev–Trinajstić information content (AvgIpc) is 2.15. The van der Waals surface area contributed by atoms with Crippen LogP contribution in [0.25, 0.3) is 0 Å². The largest absolute Gasteiger partial charge is 0.348 e. The Hall–Kier alpha value is -1.35. The van der Waals surface area contributed by atoms with E-state index in [2.05, 4.69) is 16.7 Å². The fraction of sp³-hybridized carbons (Fsp3) is 0.462. The summed E-state index contributed by atoms with van der Waals surface area (Å²) in [5, 5.41) is 6.31. The van der Waals surface area contributed by atoms with Crippen molar-refractivity contribution in [1.29, 1.82) is 0 Å². The van der Waals surface area contributed by atoms with Gasteiger partial charge < -0.3 is 5.32 Å². The molecule has 0 aliphatic carbocycles. The van der Waals surface area contributed by atoms with Crippen molar-refractivity contribution in [1.82, 2.24) is 10.6 Å². The van der Waals surface area contributed by atoms with Gasteiger partial charge >= 0.3 is 0 Å². The molecule has 1 atom stereocenters. The molecule has 0 radical (unpaired) electrons. The molecule has 0 bridgehead atoms. The van der Waals surface area contributed by atoms with Gasteiger partial charge in [0.1, 0.15) is 6.04 Å². The van der Waals surface area contributed by atoms with Gasteiger partial charge in [-0.3, -0.25) is 10.1 Å². The Labute approximate surface area is 96.2 Å². The van der Waals surface area contributed by atoms with Crippen LogP contribution in [0, 0.1) is 6.92 Å². The topological polar surface area (TPSA) is 41.1 Å². The van der Waals surface area contributed by atoms with Crippen molar-refractivity contribution in [3.63, 3.8) is 0 Å². The number of hydrogen-bond acceptors (Lipinski definition) is 2. The molecule has 1 unspecified atom stereocenters. The monoisotopic (exact) mass is 218 g/mol. The van der Waals surface area contributed by atoms with E-state index < -0.39 is 0 Å². The Bertz CT molecular complexity index is 412. The minimum absolute atomic E-state index is 0.0573. The Balaban J connectivity index is 2.21. The van der Waals surface area contributed by atoms with Crippen molar-refractivity contribution in [2.75, 3.05) is 6.54 Å². The summed E-state index contributed by atoms with van der Waals surface area (Å²) in [5.74, 6) is 0.0573. The number of carbonyl (C=O) groups is 1. The third-order valence-corrected chi connectivity index (χ3v) is 2.85. The summed E-state index contributed by atoms with van der Waals surface area (Å²) in [6, 6.07) is 7.85. The second kappa shape index (κ2) is 3.91. The Kier molecular flexibility index (Phi) is 2.72. The first-order chi connectivity index (χ1) is 7.48. The van der Waals surface area contributed by atoms with E-state index in [4.69, 9.17) is 0 Å². The highest BCUT2D eigenvalue weighted by atomic mass is 16.2. The van der Waals surface area contributed by atoms with Gasteiger partial charge in [-0.1, -0.05) is 29.8 Å². The third-order valence-electron chi connectivity index (χ3n) is 2.85. The van der Waals surface area contributed by atoms with Gasteiger partial charge in [0.05, 0.1) is 0 Å². The molecule has 1 amide bonds. The maximum Gasteiger partial charge on any atom is 0.242 e. The maximum absolute atomic E-state index is 11.9. The molecule has 86 valence electrons. The minimum Gasteiger partial charge on any atom is -0.348 e. The van der Waals surface area contributed by atoms with Crippen LogP contribution in [-0.2, 0) is 4.79 Å². The Morgan fingerprint density at radius 2 is 2.12 bits per heavy atom. The molecule has 0 aromatic heterocycles. The lowest BCUT2D eigenvalue weighted by molar-refractivity contribution is -0.126. The average molecular weight is 218 g/mol. The standard InChI is InChI=1S/C13H18N2O/c1-9-5-4-6-10(7-9)11-12(16)15-13(2,3)8-14-11/h4-7,11,14H,8H2,1-3H3,(H,15,16). The van der Waals surface area contributed by atoms with Crippen LogP contribution in [-0.4, -0.2) is 18.0 Å². The highest BCUT2D eigenvalue weighted by molar-refractivity contribution is 5.84. The zero-order valence-corrected chi connectivity index (χ0v) is 10.0. The number of piperazine rings is 1. The zero-order valence-electron chi connectivity index (χ0n) is 10.0. The summed E-state index contributed by atoms with van der Waals surface area (Å²) in [5.41, 5.74) is 2.06. The smallest absolute Gasteiger partial charge is 0.242 e. The predicted octanol–water partition coefficient (Wildman–Crippen LogP) is 1.53. The molecule has 3 heteroatoms. The maximum atomic E-state index is 11.9. The summed E-state index contributed by atoms with van der Waals surface area (Å²) in [6.45, 7) is 6.86. The molecule has 1 aromatic rings. The van der Waals surface area contributed by atoms with Gasteiger partial charge in [-0.25, -0.2) is 0 Å². The molecule has 1 heterocycles. The lowest BCUT2D eigenvalue weighted by Gasteiger charge is -2.36. The van der Waals surface area contributed by atoms with Crippen LogP contribution in [0.1, 0.15) is 31.0 Å². The molecular weight excluding hydrogens is 200 g/mol. The number of amides is 1. The number of nitrogens with one attached hydrogen (secondary N) is 2. The molecular formula is C13H18N2O. The van der Waals surface area contributed by atoms with E-state index in [0.717, 1.165) is 12.1 Å². The minimum atomic E-state index is -0.215. The zero-order chi connectivity index (χ0) is 11.8. The van der Waals surface area contributed by atoms with Gasteiger partial charge in [-0.05, 0) is 26.3 Å². The van der Waals surface area contributed by atoms with Crippen LogP contribution >= 0.6 is 0 Å². The van der Waals surface area contributed by atoms with Crippen molar-refractivity contribution in [2.45, 2.75) is 32.4 Å². The lowest BCUT2D eigenvalue weighted by atomic mass is 9.96. The fourth-order valence-corrected chi connectivity index (χ4v) is 2.02. The number of rotatable bonds is 1. The predicted molar refractivity (Wildman–Crippen MR) is 64.1 cm³/mol. The van der Waals surface area contributed by atoms with Crippen LogP contribution in [0.5, 0.6) is 0 Å². The van der Waals surface area contributed by atoms with E-state index >= 15 is 0 Å². The van der Waals surface area contributed by atoms with E-state index in [-0.39, 0.29) is 17.5 Å². The number of aryl methyl sites for hydroxylation is 1. The summed E-state index contributed by atoms with van der Waals surface area (Å²) in [7, 11) is 0. The number of hydrogen-bond donors (Lipinski definition) is 2. The Morgan fingerprint density at radius 3 is 2.75 bits per heavy atom. The molecule has 1 aliphatic rings. The first-order valence-electron chi connectivity index (χ1n) is 5.60. The summed E-state index contributed by atoms with van der Waals surface area (Å²) in [4.78, 5) is 11.9. The van der Waals surface area contributed by atoms with Gasteiger partial charge in [0.2, 0.25) is 5.91 Å². The second-order valence-electron chi connectivity index (χ2n) is 5.10. The fourth-order valence-electron chi connectivity index (χ4n) is 2.02. The summed E-state index contributed by atoms with van der Waals surface area (Å²) >= 11 is 0. The number of carbonyl (C=O) groups excluding carboxylic acids is 1. The first kappa shape index (κ1) is 11.1. The van der Waals surface area contributed by atoms with Gasteiger partial charge in [-0.15, -0.1) is 0 Å². The van der Waals surface area contributed by atoms with Crippen molar-refractivity contribution in [3.8, 4) is 0 Å². The van der Waals surface area contributed by atoms with Crippen LogP contribution < -0.4 is 10.6 Å². The molecule has 1 saturated heterocycles. The van der Waals surface area contributed by atoms with Gasteiger partial charge in [-0.2, -0.15) is 0 Å². The van der Waals surface area contributed by atoms with Gasteiger partial charge in [0, 0.05) is 12.1 Å². The van der Waals surface area contributed by atoms with Crippen LogP contribution in [0.3, 0.4) is 0 Å². The van der Waals surface area contributed by atoms with Crippen molar-refractivity contribution >= 4 is 5.91 Å². The normalized spacial score (nSPS) is 23.9. The highest BCUT2D eigenvalue weighted by Gasteiger charge is 2.32. The van der Waals surface area contributed by atoms with E-state index in [1.54, 1.807) is 0 Å². The molecule has 2 rings (SSSR count). The van der Waals surface area contributed by atoms with Gasteiger partial charge in [0.25, 0.3) is 0 Å². The van der Waals surface area contributed by atoms with Crippen molar-refractivity contribution in [3.05, 3.63) is 35.4 Å². The summed E-state index contributed by atoms with van der Waals surface area (Å²) in [6.07, 6.45) is 0. The van der Waals surface area contributed by atoms with Crippen LogP contribution in [0.15, 0.2) is 24.3 Å². The molecule has 0 saturated carbocycles. The van der Waals surface area contributed by atoms with E-state index in [1.165, 1.54) is 5.56 Å². The molecule has 2 N–H and O–H groups in total. The number of benzene rings is 1. The molecule has 0 spiro atoms. The van der Waals surface area contributed by atoms with Crippen LogP contribution in [0.2, 0.25) is 0 Å². The lowest BCUT2D eigenvalue weighted by Crippen LogP contribution is -2.59. The third kappa shape index (κ3) is 2.25. The quantitative estimate of drug-likeness (QED) is 0.750. The van der Waals surface area contributed by atoms with Gasteiger partial charge in [0.15, 0.2) is 0 Å². The van der Waals surface area contributed by atoms with Crippen molar-refractivity contribution < 1.29 is 4.79 Å². The molecule has 3 nitrogen and oxygen atoms in total. The Morgan fingerprint density at radius 1 is 1.38 bits per heavy atom.